The molecule has 142 valence electrons. The second-order valence-corrected chi connectivity index (χ2v) is 7.22. The molecule has 0 saturated carbocycles. The lowest BCUT2D eigenvalue weighted by Gasteiger charge is -2.32. The Balaban J connectivity index is 1.68. The maximum atomic E-state index is 5.46. The van der Waals surface area contributed by atoms with E-state index in [4.69, 9.17) is 9.72 Å². The fourth-order valence-corrected chi connectivity index (χ4v) is 3.48. The van der Waals surface area contributed by atoms with E-state index in [2.05, 4.69) is 53.1 Å². The summed E-state index contributed by atoms with van der Waals surface area (Å²) in [5.74, 6) is 1.02. The maximum absolute atomic E-state index is 5.46. The van der Waals surface area contributed by atoms with Gasteiger partial charge in [-0.15, -0.1) is 0 Å². The summed E-state index contributed by atoms with van der Waals surface area (Å²) in [5, 5.41) is 7.41. The summed E-state index contributed by atoms with van der Waals surface area (Å²) in [4.78, 5) is 9.33. The Labute approximate surface area is 156 Å². The minimum absolute atomic E-state index is 0.511. The van der Waals surface area contributed by atoms with E-state index >= 15 is 0 Å². The molecule has 0 aromatic carbocycles. The molecule has 0 bridgehead atoms. The minimum atomic E-state index is 0.511. The summed E-state index contributed by atoms with van der Waals surface area (Å²) in [6.45, 7) is 5.91. The Morgan fingerprint density at radius 3 is 2.69 bits per heavy atom. The minimum Gasteiger partial charge on any atom is -0.381 e. The van der Waals surface area contributed by atoms with Crippen LogP contribution < -0.4 is 4.90 Å². The van der Waals surface area contributed by atoms with E-state index in [1.165, 1.54) is 18.4 Å². The highest BCUT2D eigenvalue weighted by atomic mass is 16.5. The number of nitrogens with zero attached hydrogens (tertiary/aromatic N) is 4. The molecule has 2 aromatic rings. The largest absolute Gasteiger partial charge is 0.381 e. The van der Waals surface area contributed by atoms with Crippen molar-refractivity contribution in [3.63, 3.8) is 0 Å². The molecule has 0 atom stereocenters. The molecule has 1 aliphatic rings. The van der Waals surface area contributed by atoms with E-state index in [0.717, 1.165) is 56.2 Å². The van der Waals surface area contributed by atoms with E-state index in [-0.39, 0.29) is 0 Å². The molecular formula is C20H31N5O. The first-order chi connectivity index (χ1) is 12.7. The van der Waals surface area contributed by atoms with E-state index in [9.17, 15) is 0 Å². The number of aromatic nitrogens is 3. The van der Waals surface area contributed by atoms with Crippen molar-refractivity contribution in [1.82, 2.24) is 20.1 Å². The summed E-state index contributed by atoms with van der Waals surface area (Å²) in [5.41, 5.74) is 3.38. The first-order valence-corrected chi connectivity index (χ1v) is 9.66. The molecule has 1 fully saturated rings. The number of unbranched alkanes of at least 4 members (excludes halogenated alkanes) is 1. The average Bonchev–Trinajstić information content (AvgIpc) is 3.14. The molecule has 2 aromatic heterocycles. The predicted molar refractivity (Wildman–Crippen MR) is 105 cm³/mol. The van der Waals surface area contributed by atoms with Gasteiger partial charge in [-0.25, -0.2) is 4.98 Å². The molecule has 26 heavy (non-hydrogen) atoms. The van der Waals surface area contributed by atoms with Crippen molar-refractivity contribution in [2.75, 3.05) is 38.8 Å². The number of anilines is 1. The van der Waals surface area contributed by atoms with Gasteiger partial charge in [0.25, 0.3) is 0 Å². The topological polar surface area (TPSA) is 57.3 Å². The first-order valence-electron chi connectivity index (χ1n) is 9.66. The quantitative estimate of drug-likeness (QED) is 0.785. The molecule has 1 saturated heterocycles. The van der Waals surface area contributed by atoms with Crippen molar-refractivity contribution >= 4 is 5.82 Å². The van der Waals surface area contributed by atoms with Crippen LogP contribution in [-0.4, -0.2) is 60.0 Å². The van der Waals surface area contributed by atoms with Gasteiger partial charge in [-0.05, 0) is 45.0 Å². The molecule has 0 radical (unpaired) electrons. The van der Waals surface area contributed by atoms with E-state index in [1.54, 1.807) is 0 Å². The standard InChI is InChI=1S/C20H31N5O/c1-4-5-10-24(2)15-17-14-22-23-20(17)16-6-7-19(21-13-16)25(3)18-8-11-26-12-9-18/h6-7,13-14,18H,4-5,8-12,15H2,1-3H3,(H,22,23). The Morgan fingerprint density at radius 2 is 2.00 bits per heavy atom. The molecular weight excluding hydrogens is 326 g/mol. The smallest absolute Gasteiger partial charge is 0.128 e. The van der Waals surface area contributed by atoms with Gasteiger partial charge in [-0.2, -0.15) is 5.10 Å². The number of ether oxygens (including phenoxy) is 1. The van der Waals surface area contributed by atoms with Crippen LogP contribution in [0.1, 0.15) is 38.2 Å². The number of hydrogen-bond donors (Lipinski definition) is 1. The van der Waals surface area contributed by atoms with Crippen LogP contribution in [0.5, 0.6) is 0 Å². The van der Waals surface area contributed by atoms with Crippen molar-refractivity contribution in [1.29, 1.82) is 0 Å². The lowest BCUT2D eigenvalue weighted by Crippen LogP contribution is -2.37. The number of pyridine rings is 1. The fraction of sp³-hybridized carbons (Fsp3) is 0.600. The highest BCUT2D eigenvalue weighted by molar-refractivity contribution is 5.63. The summed E-state index contributed by atoms with van der Waals surface area (Å²) in [6, 6.07) is 4.76. The number of H-pyrrole nitrogens is 1. The summed E-state index contributed by atoms with van der Waals surface area (Å²) in [6.07, 6.45) is 8.45. The normalized spacial score (nSPS) is 15.5. The Bertz CT molecular complexity index is 663. The molecule has 6 heteroatoms. The zero-order valence-electron chi connectivity index (χ0n) is 16.2. The van der Waals surface area contributed by atoms with Crippen LogP contribution >= 0.6 is 0 Å². The molecule has 0 amide bonds. The zero-order valence-corrected chi connectivity index (χ0v) is 16.2. The fourth-order valence-electron chi connectivity index (χ4n) is 3.48. The number of hydrogen-bond acceptors (Lipinski definition) is 5. The highest BCUT2D eigenvalue weighted by Gasteiger charge is 2.19. The van der Waals surface area contributed by atoms with Crippen LogP contribution in [0, 0.1) is 0 Å². The van der Waals surface area contributed by atoms with Crippen molar-refractivity contribution in [3.8, 4) is 11.3 Å². The maximum Gasteiger partial charge on any atom is 0.128 e. The third kappa shape index (κ3) is 4.62. The second kappa shape index (κ2) is 9.14. The molecule has 3 heterocycles. The van der Waals surface area contributed by atoms with E-state index in [1.807, 2.05) is 12.4 Å². The SMILES string of the molecule is CCCCN(C)Cc1cn[nH]c1-c1ccc(N(C)C2CCOCC2)nc1. The third-order valence-electron chi connectivity index (χ3n) is 5.19. The molecule has 1 N–H and O–H groups in total. The van der Waals surface area contributed by atoms with Crippen LogP contribution in [0.25, 0.3) is 11.3 Å². The molecule has 0 unspecified atom stereocenters. The van der Waals surface area contributed by atoms with Crippen LogP contribution in [-0.2, 0) is 11.3 Å². The van der Waals surface area contributed by atoms with Crippen molar-refractivity contribution in [2.45, 2.75) is 45.2 Å². The Morgan fingerprint density at radius 1 is 1.19 bits per heavy atom. The zero-order chi connectivity index (χ0) is 18.4. The molecule has 3 rings (SSSR count). The van der Waals surface area contributed by atoms with Gasteiger partial charge < -0.3 is 14.5 Å². The number of nitrogens with one attached hydrogen (secondary N) is 1. The van der Waals surface area contributed by atoms with Gasteiger partial charge in [-0.3, -0.25) is 5.10 Å². The van der Waals surface area contributed by atoms with Gasteiger partial charge in [0.1, 0.15) is 5.82 Å². The summed E-state index contributed by atoms with van der Waals surface area (Å²) >= 11 is 0. The molecule has 6 nitrogen and oxygen atoms in total. The van der Waals surface area contributed by atoms with Gasteiger partial charge in [-0.1, -0.05) is 13.3 Å². The van der Waals surface area contributed by atoms with Crippen molar-refractivity contribution in [2.24, 2.45) is 0 Å². The summed E-state index contributed by atoms with van der Waals surface area (Å²) < 4.78 is 5.46. The summed E-state index contributed by atoms with van der Waals surface area (Å²) in [7, 11) is 4.29. The third-order valence-corrected chi connectivity index (χ3v) is 5.19. The number of aromatic amines is 1. The van der Waals surface area contributed by atoms with Gasteiger partial charge in [0.05, 0.1) is 11.9 Å². The predicted octanol–water partition coefficient (Wildman–Crippen LogP) is 3.32. The van der Waals surface area contributed by atoms with Crippen LogP contribution in [0.2, 0.25) is 0 Å². The van der Waals surface area contributed by atoms with Gasteiger partial charge in [0, 0.05) is 50.2 Å². The lowest BCUT2D eigenvalue weighted by molar-refractivity contribution is 0.0853. The molecule has 0 aliphatic carbocycles. The molecule has 1 aliphatic heterocycles. The molecule has 0 spiro atoms. The first kappa shape index (κ1) is 18.9. The van der Waals surface area contributed by atoms with Crippen LogP contribution in [0.3, 0.4) is 0 Å². The lowest BCUT2D eigenvalue weighted by atomic mass is 10.1. The highest BCUT2D eigenvalue weighted by Crippen LogP contribution is 2.25. The second-order valence-electron chi connectivity index (χ2n) is 7.22. The van der Waals surface area contributed by atoms with Crippen LogP contribution in [0.15, 0.2) is 24.5 Å². The van der Waals surface area contributed by atoms with Gasteiger partial charge in [0.15, 0.2) is 0 Å². The van der Waals surface area contributed by atoms with Gasteiger partial charge in [0.2, 0.25) is 0 Å². The Kier molecular flexibility index (Phi) is 6.63. The average molecular weight is 358 g/mol. The van der Waals surface area contributed by atoms with E-state index in [0.29, 0.717) is 6.04 Å². The van der Waals surface area contributed by atoms with Crippen LogP contribution in [0.4, 0.5) is 5.82 Å². The van der Waals surface area contributed by atoms with Gasteiger partial charge >= 0.3 is 0 Å². The van der Waals surface area contributed by atoms with E-state index < -0.39 is 0 Å². The van der Waals surface area contributed by atoms with Crippen molar-refractivity contribution in [3.05, 3.63) is 30.1 Å². The Hall–Kier alpha value is -1.92. The number of rotatable bonds is 8. The van der Waals surface area contributed by atoms with Crippen molar-refractivity contribution < 1.29 is 4.74 Å². The monoisotopic (exact) mass is 357 g/mol.